The Labute approximate surface area is 151 Å². The van der Waals surface area contributed by atoms with Crippen molar-refractivity contribution in [2.75, 3.05) is 11.6 Å². The van der Waals surface area contributed by atoms with E-state index in [1.807, 2.05) is 55.6 Å². The van der Waals surface area contributed by atoms with Crippen LogP contribution in [0.5, 0.6) is 0 Å². The van der Waals surface area contributed by atoms with E-state index in [1.54, 1.807) is 11.8 Å². The average molecular weight is 351 g/mol. The van der Waals surface area contributed by atoms with Crippen LogP contribution in [0, 0.1) is 0 Å². The van der Waals surface area contributed by atoms with Crippen LogP contribution < -0.4 is 10.4 Å². The molecule has 26 heavy (non-hydrogen) atoms. The van der Waals surface area contributed by atoms with Crippen molar-refractivity contribution in [2.24, 2.45) is 4.99 Å². The monoisotopic (exact) mass is 351 g/mol. The Morgan fingerprint density at radius 3 is 2.65 bits per heavy atom. The molecule has 2 unspecified atom stereocenters. The normalized spacial score (nSPS) is 22.5. The van der Waals surface area contributed by atoms with Crippen molar-refractivity contribution < 1.29 is 9.59 Å². The summed E-state index contributed by atoms with van der Waals surface area (Å²) in [5.74, 6) is -0.175. The van der Waals surface area contributed by atoms with Gasteiger partial charge in [-0.25, -0.2) is 10.0 Å². The number of aromatic nitrogens is 1. The molecule has 0 bridgehead atoms. The summed E-state index contributed by atoms with van der Waals surface area (Å²) < 4.78 is 2.16. The van der Waals surface area contributed by atoms with Gasteiger partial charge in [0.15, 0.2) is 0 Å². The summed E-state index contributed by atoms with van der Waals surface area (Å²) in [4.78, 5) is 31.7. The summed E-state index contributed by atoms with van der Waals surface area (Å²) in [5.41, 5.74) is 4.71. The van der Waals surface area contributed by atoms with Gasteiger partial charge in [0.25, 0.3) is 11.8 Å². The van der Waals surface area contributed by atoms with E-state index in [1.165, 1.54) is 5.01 Å². The molecule has 3 heterocycles. The van der Waals surface area contributed by atoms with Crippen molar-refractivity contribution in [3.8, 4) is 0 Å². The molecule has 4 rings (SSSR count). The van der Waals surface area contributed by atoms with Crippen molar-refractivity contribution >= 4 is 23.3 Å². The van der Waals surface area contributed by atoms with Gasteiger partial charge < -0.3 is 9.47 Å². The number of carbonyl (C=O) groups is 2. The molecule has 0 saturated carbocycles. The topological polar surface area (TPSA) is 69.9 Å². The van der Waals surface area contributed by atoms with Crippen molar-refractivity contribution in [1.82, 2.24) is 14.9 Å². The smallest absolute Gasteiger partial charge is 0.291 e. The van der Waals surface area contributed by atoms with Gasteiger partial charge in [0, 0.05) is 25.0 Å². The van der Waals surface area contributed by atoms with Crippen LogP contribution in [0.2, 0.25) is 0 Å². The van der Waals surface area contributed by atoms with E-state index in [9.17, 15) is 9.59 Å². The fourth-order valence-electron chi connectivity index (χ4n) is 3.49. The Morgan fingerprint density at radius 1 is 1.12 bits per heavy atom. The molecule has 1 aromatic carbocycles. The maximum Gasteiger partial charge on any atom is 0.291 e. The average Bonchev–Trinajstić information content (AvgIpc) is 3.14. The number of nitrogens with zero attached hydrogens (tertiary/aromatic N) is 4. The molecule has 1 N–H and O–H groups in total. The van der Waals surface area contributed by atoms with Gasteiger partial charge >= 0.3 is 0 Å². The molecule has 2 aromatic rings. The van der Waals surface area contributed by atoms with Crippen molar-refractivity contribution in [1.29, 1.82) is 0 Å². The second-order valence-electron chi connectivity index (χ2n) is 6.58. The summed E-state index contributed by atoms with van der Waals surface area (Å²) in [7, 11) is 0. The van der Waals surface area contributed by atoms with Crippen LogP contribution in [0.1, 0.15) is 25.6 Å². The third-order valence-corrected chi connectivity index (χ3v) is 4.94. The molecule has 0 saturated heterocycles. The SMILES string of the molecule is CC1N=C(C(=O)N2CCn3cccc3C2C)NN(c2ccccc2)C1=O. The van der Waals surface area contributed by atoms with E-state index < -0.39 is 6.04 Å². The number of aliphatic imine (C=N–C) groups is 1. The minimum Gasteiger partial charge on any atom is -0.348 e. The van der Waals surface area contributed by atoms with Crippen LogP contribution in [0.25, 0.3) is 0 Å². The molecule has 0 aliphatic carbocycles. The Kier molecular flexibility index (Phi) is 3.99. The van der Waals surface area contributed by atoms with Crippen molar-refractivity contribution in [3.63, 3.8) is 0 Å². The standard InChI is InChI=1S/C19H21N5O2/c1-13-18(25)24(15-7-4-3-5-8-15)21-17(20-13)19(26)23-12-11-22-10-6-9-16(22)14(23)2/h3-10,13-14H,11-12H2,1-2H3,(H,20,21). The number of benzene rings is 1. The number of anilines is 1. The quantitative estimate of drug-likeness (QED) is 0.896. The summed E-state index contributed by atoms with van der Waals surface area (Å²) >= 11 is 0. The lowest BCUT2D eigenvalue weighted by molar-refractivity contribution is -0.127. The maximum absolute atomic E-state index is 13.1. The molecule has 134 valence electrons. The minimum absolute atomic E-state index is 0.0474. The molecule has 2 aliphatic heterocycles. The Bertz CT molecular complexity index is 873. The first kappa shape index (κ1) is 16.4. The number of fused-ring (bicyclic) bond motifs is 1. The van der Waals surface area contributed by atoms with Gasteiger partial charge in [-0.3, -0.25) is 15.0 Å². The predicted molar refractivity (Wildman–Crippen MR) is 98.5 cm³/mol. The van der Waals surface area contributed by atoms with Crippen LogP contribution in [0.4, 0.5) is 5.69 Å². The lowest BCUT2D eigenvalue weighted by Crippen LogP contribution is -2.59. The largest absolute Gasteiger partial charge is 0.348 e. The van der Waals surface area contributed by atoms with Gasteiger partial charge in [0.05, 0.1) is 11.7 Å². The van der Waals surface area contributed by atoms with Crippen LogP contribution in [0.3, 0.4) is 0 Å². The fraction of sp³-hybridized carbons (Fsp3) is 0.316. The molecule has 0 spiro atoms. The highest BCUT2D eigenvalue weighted by atomic mass is 16.2. The lowest BCUT2D eigenvalue weighted by atomic mass is 10.1. The molecule has 7 heteroatoms. The van der Waals surface area contributed by atoms with Crippen molar-refractivity contribution in [3.05, 3.63) is 54.4 Å². The van der Waals surface area contributed by atoms with Gasteiger partial charge in [-0.1, -0.05) is 18.2 Å². The Hall–Kier alpha value is -3.09. The first-order valence-electron chi connectivity index (χ1n) is 8.76. The van der Waals surface area contributed by atoms with Gasteiger partial charge in [-0.2, -0.15) is 0 Å². The zero-order valence-electron chi connectivity index (χ0n) is 14.8. The molecule has 1 aromatic heterocycles. The summed E-state index contributed by atoms with van der Waals surface area (Å²) in [6.45, 7) is 5.08. The van der Waals surface area contributed by atoms with E-state index in [0.717, 1.165) is 12.2 Å². The van der Waals surface area contributed by atoms with Gasteiger partial charge in [-0.15, -0.1) is 0 Å². The van der Waals surface area contributed by atoms with E-state index in [0.29, 0.717) is 12.2 Å². The molecule has 7 nitrogen and oxygen atoms in total. The van der Waals surface area contributed by atoms with Crippen LogP contribution >= 0.6 is 0 Å². The van der Waals surface area contributed by atoms with E-state index in [2.05, 4.69) is 15.0 Å². The molecule has 0 fully saturated rings. The number of amidine groups is 1. The second-order valence-corrected chi connectivity index (χ2v) is 6.58. The van der Waals surface area contributed by atoms with Gasteiger partial charge in [0.1, 0.15) is 6.04 Å². The first-order valence-corrected chi connectivity index (χ1v) is 8.76. The molecule has 2 aliphatic rings. The first-order chi connectivity index (χ1) is 12.6. The van der Waals surface area contributed by atoms with Gasteiger partial charge in [0.2, 0.25) is 5.84 Å². The Balaban J connectivity index is 1.60. The highest BCUT2D eigenvalue weighted by Crippen LogP contribution is 2.26. The van der Waals surface area contributed by atoms with E-state index in [4.69, 9.17) is 0 Å². The number of para-hydroxylation sites is 1. The van der Waals surface area contributed by atoms with Gasteiger partial charge in [-0.05, 0) is 38.1 Å². The highest BCUT2D eigenvalue weighted by Gasteiger charge is 2.35. The number of nitrogens with one attached hydrogen (secondary N) is 1. The molecule has 2 amide bonds. The molecular formula is C19H21N5O2. The minimum atomic E-state index is -0.612. The van der Waals surface area contributed by atoms with E-state index >= 15 is 0 Å². The summed E-state index contributed by atoms with van der Waals surface area (Å²) in [6.07, 6.45) is 2.03. The molecule has 2 atom stereocenters. The predicted octanol–water partition coefficient (Wildman–Crippen LogP) is 1.73. The second kappa shape index (κ2) is 6.33. The third-order valence-electron chi connectivity index (χ3n) is 4.94. The zero-order valence-corrected chi connectivity index (χ0v) is 14.8. The zero-order chi connectivity index (χ0) is 18.3. The molecular weight excluding hydrogens is 330 g/mol. The van der Waals surface area contributed by atoms with E-state index in [-0.39, 0.29) is 23.7 Å². The maximum atomic E-state index is 13.1. The van der Waals surface area contributed by atoms with Crippen molar-refractivity contribution in [2.45, 2.75) is 32.5 Å². The number of amides is 2. The third kappa shape index (κ3) is 2.65. The molecule has 0 radical (unpaired) electrons. The highest BCUT2D eigenvalue weighted by molar-refractivity contribution is 6.39. The number of hydrogen-bond donors (Lipinski definition) is 1. The number of rotatable bonds is 2. The number of hydrogen-bond acceptors (Lipinski definition) is 4. The number of carbonyl (C=O) groups excluding carboxylic acids is 2. The number of hydrazine groups is 1. The Morgan fingerprint density at radius 2 is 1.88 bits per heavy atom. The summed E-state index contributed by atoms with van der Waals surface area (Å²) in [6, 6.07) is 12.6. The lowest BCUT2D eigenvalue weighted by Gasteiger charge is -2.37. The van der Waals surface area contributed by atoms with Crippen LogP contribution in [0.15, 0.2) is 53.7 Å². The van der Waals surface area contributed by atoms with Crippen LogP contribution in [-0.4, -0.2) is 39.7 Å². The van der Waals surface area contributed by atoms with Crippen LogP contribution in [-0.2, 0) is 16.1 Å². The summed E-state index contributed by atoms with van der Waals surface area (Å²) in [5, 5.41) is 1.40. The fourth-order valence-corrected chi connectivity index (χ4v) is 3.49.